The maximum atomic E-state index is 13.1. The topological polar surface area (TPSA) is 48.3 Å². The zero-order valence-corrected chi connectivity index (χ0v) is 16.0. The molecular formula is C20H18ClNO3S. The molecule has 3 aromatic rings. The van der Waals surface area contributed by atoms with Crippen LogP contribution in [0.2, 0.25) is 5.02 Å². The number of hydrogen-bond acceptors (Lipinski definition) is 4. The van der Waals surface area contributed by atoms with Crippen molar-refractivity contribution in [3.8, 4) is 0 Å². The Morgan fingerprint density at radius 1 is 1.15 bits per heavy atom. The molecule has 0 saturated carbocycles. The van der Waals surface area contributed by atoms with Crippen molar-refractivity contribution in [2.45, 2.75) is 23.5 Å². The van der Waals surface area contributed by atoms with Gasteiger partial charge in [-0.25, -0.2) is 4.79 Å². The highest BCUT2D eigenvalue weighted by Gasteiger charge is 2.24. The van der Waals surface area contributed by atoms with Gasteiger partial charge in [0.05, 0.1) is 23.4 Å². The van der Waals surface area contributed by atoms with Crippen LogP contribution < -0.4 is 0 Å². The van der Waals surface area contributed by atoms with Crippen LogP contribution in [0.15, 0.2) is 59.6 Å². The Labute approximate surface area is 161 Å². The number of carbonyl (C=O) groups excluding carboxylic acids is 2. The Balaban J connectivity index is 1.97. The van der Waals surface area contributed by atoms with E-state index < -0.39 is 5.97 Å². The third-order valence-corrected chi connectivity index (χ3v) is 5.71. The Hall–Kier alpha value is -2.24. The highest BCUT2D eigenvalue weighted by Crippen LogP contribution is 2.30. The monoisotopic (exact) mass is 387 g/mol. The molecule has 134 valence electrons. The molecule has 0 N–H and O–H groups in total. The number of fused-ring (bicyclic) bond motifs is 1. The van der Waals surface area contributed by atoms with Gasteiger partial charge in [-0.1, -0.05) is 36.7 Å². The van der Waals surface area contributed by atoms with Gasteiger partial charge in [-0.05, 0) is 36.8 Å². The quantitative estimate of drug-likeness (QED) is 0.440. The summed E-state index contributed by atoms with van der Waals surface area (Å²) in [5.41, 5.74) is 1.09. The number of benzene rings is 2. The molecule has 0 aliphatic rings. The average Bonchev–Trinajstić information content (AvgIpc) is 3.06. The van der Waals surface area contributed by atoms with Gasteiger partial charge in [0.1, 0.15) is 0 Å². The third kappa shape index (κ3) is 3.64. The summed E-state index contributed by atoms with van der Waals surface area (Å²) in [7, 11) is 1.33. The summed E-state index contributed by atoms with van der Waals surface area (Å²) in [6.07, 6.45) is 2.23. The van der Waals surface area contributed by atoms with Gasteiger partial charge in [0, 0.05) is 21.5 Å². The minimum absolute atomic E-state index is 0.0706. The number of para-hydroxylation sites is 1. The summed E-state index contributed by atoms with van der Waals surface area (Å²) in [4.78, 5) is 26.2. The zero-order valence-electron chi connectivity index (χ0n) is 14.4. The van der Waals surface area contributed by atoms with Crippen LogP contribution >= 0.6 is 23.4 Å². The van der Waals surface area contributed by atoms with Gasteiger partial charge in [-0.15, -0.1) is 11.8 Å². The molecule has 0 saturated heterocycles. The van der Waals surface area contributed by atoms with E-state index in [0.29, 0.717) is 27.9 Å². The Morgan fingerprint density at radius 3 is 2.50 bits per heavy atom. The molecule has 1 heterocycles. The lowest BCUT2D eigenvalue weighted by Gasteiger charge is -2.15. The third-order valence-electron chi connectivity index (χ3n) is 4.09. The van der Waals surface area contributed by atoms with Gasteiger partial charge >= 0.3 is 5.97 Å². The van der Waals surface area contributed by atoms with Crippen LogP contribution in [0.5, 0.6) is 0 Å². The predicted octanol–water partition coefficient (Wildman–Crippen LogP) is 5.29. The van der Waals surface area contributed by atoms with E-state index in [4.69, 9.17) is 16.3 Å². The fraction of sp³-hybridized carbons (Fsp3) is 0.200. The van der Waals surface area contributed by atoms with E-state index in [2.05, 4.69) is 0 Å². The lowest BCUT2D eigenvalue weighted by atomic mass is 10.2. The van der Waals surface area contributed by atoms with Crippen LogP contribution in [0.3, 0.4) is 0 Å². The van der Waals surface area contributed by atoms with Crippen LogP contribution in [0.1, 0.15) is 28.5 Å². The average molecular weight is 388 g/mol. The van der Waals surface area contributed by atoms with Gasteiger partial charge in [0.2, 0.25) is 5.91 Å². The SMILES string of the molecule is CCC(Sc1ccc(Cl)cc1)C(=O)n1cc(C(=O)OC)c2ccccc21. The molecule has 0 bridgehead atoms. The van der Waals surface area contributed by atoms with Crippen LogP contribution in [0.25, 0.3) is 10.9 Å². The first-order valence-electron chi connectivity index (χ1n) is 8.20. The normalized spacial score (nSPS) is 12.1. The number of halogens is 1. The summed E-state index contributed by atoms with van der Waals surface area (Å²) >= 11 is 7.42. The maximum Gasteiger partial charge on any atom is 0.340 e. The van der Waals surface area contributed by atoms with E-state index in [1.54, 1.807) is 10.8 Å². The Bertz CT molecular complexity index is 949. The number of ether oxygens (including phenoxy) is 1. The second kappa shape index (κ2) is 7.98. The van der Waals surface area contributed by atoms with E-state index >= 15 is 0 Å². The molecule has 0 amide bonds. The number of aromatic nitrogens is 1. The lowest BCUT2D eigenvalue weighted by Crippen LogP contribution is -2.23. The summed E-state index contributed by atoms with van der Waals surface area (Å²) in [5.74, 6) is -0.523. The second-order valence-corrected chi connectivity index (χ2v) is 7.44. The molecule has 2 aromatic carbocycles. The molecule has 1 aromatic heterocycles. The number of nitrogens with zero attached hydrogens (tertiary/aromatic N) is 1. The van der Waals surface area contributed by atoms with Gasteiger partial charge in [0.25, 0.3) is 0 Å². The van der Waals surface area contributed by atoms with E-state index in [-0.39, 0.29) is 11.2 Å². The number of methoxy groups -OCH3 is 1. The number of rotatable bonds is 5. The van der Waals surface area contributed by atoms with Crippen LogP contribution in [-0.2, 0) is 4.74 Å². The van der Waals surface area contributed by atoms with Gasteiger partial charge in [0.15, 0.2) is 0 Å². The summed E-state index contributed by atoms with van der Waals surface area (Å²) in [5, 5.41) is 1.09. The Kier molecular flexibility index (Phi) is 5.69. The van der Waals surface area contributed by atoms with Gasteiger partial charge in [-0.3, -0.25) is 9.36 Å². The number of esters is 1. The van der Waals surface area contributed by atoms with Crippen molar-refractivity contribution in [1.82, 2.24) is 4.57 Å². The smallest absolute Gasteiger partial charge is 0.340 e. The molecule has 1 unspecified atom stereocenters. The number of thioether (sulfide) groups is 1. The molecule has 0 aliphatic heterocycles. The highest BCUT2D eigenvalue weighted by atomic mass is 35.5. The molecule has 0 radical (unpaired) electrons. The van der Waals surface area contributed by atoms with Gasteiger partial charge < -0.3 is 4.74 Å². The first kappa shape index (κ1) is 18.5. The summed E-state index contributed by atoms with van der Waals surface area (Å²) in [6.45, 7) is 1.97. The predicted molar refractivity (Wildman–Crippen MR) is 105 cm³/mol. The zero-order chi connectivity index (χ0) is 18.7. The minimum atomic E-state index is -0.453. The first-order chi connectivity index (χ1) is 12.5. The lowest BCUT2D eigenvalue weighted by molar-refractivity contribution is 0.0603. The molecular weight excluding hydrogens is 370 g/mol. The molecule has 0 spiro atoms. The standard InChI is InChI=1S/C20H18ClNO3S/c1-3-18(26-14-10-8-13(21)9-11-14)19(23)22-12-16(20(24)25-2)15-6-4-5-7-17(15)22/h4-12,18H,3H2,1-2H3. The van der Waals surface area contributed by atoms with Crippen molar-refractivity contribution in [1.29, 1.82) is 0 Å². The van der Waals surface area contributed by atoms with Crippen molar-refractivity contribution in [3.05, 3.63) is 65.3 Å². The van der Waals surface area contributed by atoms with Crippen molar-refractivity contribution in [2.75, 3.05) is 7.11 Å². The van der Waals surface area contributed by atoms with Crippen molar-refractivity contribution in [2.24, 2.45) is 0 Å². The highest BCUT2D eigenvalue weighted by molar-refractivity contribution is 8.00. The van der Waals surface area contributed by atoms with E-state index in [0.717, 1.165) is 4.90 Å². The van der Waals surface area contributed by atoms with E-state index in [1.807, 2.05) is 55.5 Å². The van der Waals surface area contributed by atoms with Gasteiger partial charge in [-0.2, -0.15) is 0 Å². The molecule has 0 aliphatic carbocycles. The molecule has 6 heteroatoms. The molecule has 4 nitrogen and oxygen atoms in total. The fourth-order valence-corrected chi connectivity index (χ4v) is 3.90. The van der Waals surface area contributed by atoms with Crippen LogP contribution in [-0.4, -0.2) is 28.8 Å². The van der Waals surface area contributed by atoms with E-state index in [9.17, 15) is 9.59 Å². The van der Waals surface area contributed by atoms with Crippen molar-refractivity contribution in [3.63, 3.8) is 0 Å². The number of hydrogen-bond donors (Lipinski definition) is 0. The Morgan fingerprint density at radius 2 is 1.85 bits per heavy atom. The molecule has 0 fully saturated rings. The summed E-state index contributed by atoms with van der Waals surface area (Å²) in [6, 6.07) is 14.7. The van der Waals surface area contributed by atoms with Crippen molar-refractivity contribution < 1.29 is 14.3 Å². The van der Waals surface area contributed by atoms with Crippen LogP contribution in [0.4, 0.5) is 0 Å². The fourth-order valence-electron chi connectivity index (χ4n) is 2.78. The number of carbonyl (C=O) groups is 2. The first-order valence-corrected chi connectivity index (χ1v) is 9.45. The maximum absolute atomic E-state index is 13.1. The minimum Gasteiger partial charge on any atom is -0.465 e. The largest absolute Gasteiger partial charge is 0.465 e. The van der Waals surface area contributed by atoms with Crippen molar-refractivity contribution >= 4 is 46.1 Å². The molecule has 1 atom stereocenters. The van der Waals surface area contributed by atoms with E-state index in [1.165, 1.54) is 18.9 Å². The second-order valence-electron chi connectivity index (χ2n) is 5.73. The molecule has 3 rings (SSSR count). The van der Waals surface area contributed by atoms with Crippen LogP contribution in [0, 0.1) is 0 Å². The summed E-state index contributed by atoms with van der Waals surface area (Å²) < 4.78 is 6.40. The molecule has 26 heavy (non-hydrogen) atoms.